The van der Waals surface area contributed by atoms with Crippen LogP contribution in [0, 0.1) is 5.92 Å². The van der Waals surface area contributed by atoms with Crippen LogP contribution in [0.2, 0.25) is 0 Å². The van der Waals surface area contributed by atoms with Crippen LogP contribution in [0.1, 0.15) is 56.5 Å². The van der Waals surface area contributed by atoms with E-state index in [1.807, 2.05) is 7.05 Å². The van der Waals surface area contributed by atoms with E-state index in [2.05, 4.69) is 26.4 Å². The third-order valence-electron chi connectivity index (χ3n) is 5.14. The Morgan fingerprint density at radius 3 is 2.87 bits per heavy atom. The molecule has 3 rings (SSSR count). The van der Waals surface area contributed by atoms with Crippen molar-refractivity contribution < 1.29 is 0 Å². The van der Waals surface area contributed by atoms with Gasteiger partial charge in [0, 0.05) is 45.7 Å². The van der Waals surface area contributed by atoms with Gasteiger partial charge in [-0.1, -0.05) is 19.3 Å². The summed E-state index contributed by atoms with van der Waals surface area (Å²) in [4.78, 5) is 9.09. The predicted octanol–water partition coefficient (Wildman–Crippen LogP) is 2.51. The van der Waals surface area contributed by atoms with E-state index in [0.717, 1.165) is 44.4 Å². The lowest BCUT2D eigenvalue weighted by Gasteiger charge is -2.22. The lowest BCUT2D eigenvalue weighted by molar-refractivity contribution is 0.356. The number of aromatic nitrogens is 2. The molecule has 1 aromatic rings. The van der Waals surface area contributed by atoms with Gasteiger partial charge >= 0.3 is 0 Å². The maximum absolute atomic E-state index is 4.76. The quantitative estimate of drug-likeness (QED) is 0.648. The molecule has 0 atom stereocenters. The molecule has 0 radical (unpaired) electrons. The first kappa shape index (κ1) is 16.3. The van der Waals surface area contributed by atoms with E-state index in [0.29, 0.717) is 0 Å². The molecule has 1 fully saturated rings. The van der Waals surface area contributed by atoms with Crippen LogP contribution in [-0.4, -0.2) is 35.6 Å². The molecule has 0 bridgehead atoms. The highest BCUT2D eigenvalue weighted by atomic mass is 15.2. The van der Waals surface area contributed by atoms with Crippen molar-refractivity contribution in [3.8, 4) is 0 Å². The third kappa shape index (κ3) is 4.72. The molecule has 0 spiro atoms. The van der Waals surface area contributed by atoms with Crippen LogP contribution in [0.15, 0.2) is 11.2 Å². The standard InChI is InChI=1S/C18H31N5/c1-19-18(21-13-15-7-3-2-4-8-15)20-11-10-16-14-23-12-6-5-9-17(23)22-16/h14-15H,2-13H2,1H3,(H2,19,20,21). The van der Waals surface area contributed by atoms with E-state index in [-0.39, 0.29) is 0 Å². The number of nitrogens with zero attached hydrogens (tertiary/aromatic N) is 3. The molecule has 1 aromatic heterocycles. The molecule has 1 aliphatic carbocycles. The number of imidazole rings is 1. The Kier molecular flexibility index (Phi) is 5.94. The molecule has 0 saturated heterocycles. The topological polar surface area (TPSA) is 54.2 Å². The van der Waals surface area contributed by atoms with Gasteiger partial charge in [-0.3, -0.25) is 4.99 Å². The minimum absolute atomic E-state index is 0.821. The minimum atomic E-state index is 0.821. The van der Waals surface area contributed by atoms with Gasteiger partial charge in [0.05, 0.1) is 5.69 Å². The molecule has 2 aliphatic rings. The highest BCUT2D eigenvalue weighted by Crippen LogP contribution is 2.22. The summed E-state index contributed by atoms with van der Waals surface area (Å²) < 4.78 is 2.33. The molecular formula is C18H31N5. The first-order chi connectivity index (χ1) is 11.3. The van der Waals surface area contributed by atoms with Crippen LogP contribution < -0.4 is 10.6 Å². The van der Waals surface area contributed by atoms with Gasteiger partial charge < -0.3 is 15.2 Å². The summed E-state index contributed by atoms with van der Waals surface area (Å²) in [6.45, 7) is 3.08. The molecule has 2 heterocycles. The molecule has 23 heavy (non-hydrogen) atoms. The zero-order valence-corrected chi connectivity index (χ0v) is 14.5. The normalized spacial score (nSPS) is 19.4. The van der Waals surface area contributed by atoms with Gasteiger partial charge in [-0.05, 0) is 31.6 Å². The second kappa shape index (κ2) is 8.37. The van der Waals surface area contributed by atoms with Crippen LogP contribution in [0.25, 0.3) is 0 Å². The van der Waals surface area contributed by atoms with Crippen LogP contribution in [0.5, 0.6) is 0 Å². The van der Waals surface area contributed by atoms with E-state index < -0.39 is 0 Å². The number of nitrogens with one attached hydrogen (secondary N) is 2. The number of hydrogen-bond acceptors (Lipinski definition) is 2. The van der Waals surface area contributed by atoms with E-state index in [1.165, 1.54) is 56.5 Å². The average molecular weight is 317 g/mol. The molecule has 5 nitrogen and oxygen atoms in total. The average Bonchev–Trinajstić information content (AvgIpc) is 3.01. The van der Waals surface area contributed by atoms with Crippen molar-refractivity contribution in [1.82, 2.24) is 20.2 Å². The fourth-order valence-corrected chi connectivity index (χ4v) is 3.75. The van der Waals surface area contributed by atoms with Gasteiger partial charge in [0.25, 0.3) is 0 Å². The number of fused-ring (bicyclic) bond motifs is 1. The first-order valence-electron chi connectivity index (χ1n) is 9.34. The summed E-state index contributed by atoms with van der Waals surface area (Å²) in [7, 11) is 1.85. The van der Waals surface area contributed by atoms with Crippen molar-refractivity contribution in [2.24, 2.45) is 10.9 Å². The summed E-state index contributed by atoms with van der Waals surface area (Å²) in [6, 6.07) is 0. The van der Waals surface area contributed by atoms with Gasteiger partial charge in [0.1, 0.15) is 5.82 Å². The monoisotopic (exact) mass is 317 g/mol. The van der Waals surface area contributed by atoms with E-state index >= 15 is 0 Å². The Balaban J connectivity index is 1.38. The highest BCUT2D eigenvalue weighted by molar-refractivity contribution is 5.79. The Hall–Kier alpha value is -1.52. The smallest absolute Gasteiger partial charge is 0.190 e. The summed E-state index contributed by atoms with van der Waals surface area (Å²) in [5, 5.41) is 6.92. The molecular weight excluding hydrogens is 286 g/mol. The second-order valence-electron chi connectivity index (χ2n) is 6.93. The number of hydrogen-bond donors (Lipinski definition) is 2. The molecule has 128 valence electrons. The van der Waals surface area contributed by atoms with E-state index in [1.54, 1.807) is 0 Å². The number of guanidine groups is 1. The summed E-state index contributed by atoms with van der Waals surface area (Å²) >= 11 is 0. The van der Waals surface area contributed by atoms with Crippen molar-refractivity contribution in [1.29, 1.82) is 0 Å². The number of rotatable bonds is 5. The Morgan fingerprint density at radius 1 is 1.22 bits per heavy atom. The summed E-state index contributed by atoms with van der Waals surface area (Å²) in [6.07, 6.45) is 13.8. The van der Waals surface area contributed by atoms with Gasteiger partial charge in [-0.25, -0.2) is 4.98 Å². The second-order valence-corrected chi connectivity index (χ2v) is 6.93. The summed E-state index contributed by atoms with van der Waals surface area (Å²) in [5.41, 5.74) is 1.21. The minimum Gasteiger partial charge on any atom is -0.356 e. The Labute approximate surface area is 140 Å². The van der Waals surface area contributed by atoms with Crippen LogP contribution in [0.3, 0.4) is 0 Å². The van der Waals surface area contributed by atoms with E-state index in [9.17, 15) is 0 Å². The molecule has 1 aliphatic heterocycles. The van der Waals surface area contributed by atoms with Crippen molar-refractivity contribution in [3.63, 3.8) is 0 Å². The van der Waals surface area contributed by atoms with Crippen molar-refractivity contribution in [2.75, 3.05) is 20.1 Å². The maximum atomic E-state index is 4.76. The zero-order chi connectivity index (χ0) is 15.9. The first-order valence-corrected chi connectivity index (χ1v) is 9.34. The van der Waals surface area contributed by atoms with Crippen molar-refractivity contribution in [3.05, 3.63) is 17.7 Å². The Bertz CT molecular complexity index is 490. The third-order valence-corrected chi connectivity index (χ3v) is 5.14. The fourth-order valence-electron chi connectivity index (χ4n) is 3.75. The maximum Gasteiger partial charge on any atom is 0.190 e. The van der Waals surface area contributed by atoms with Gasteiger partial charge in [-0.15, -0.1) is 0 Å². The zero-order valence-electron chi connectivity index (χ0n) is 14.5. The largest absolute Gasteiger partial charge is 0.356 e. The number of aryl methyl sites for hydroxylation is 2. The molecule has 1 saturated carbocycles. The highest BCUT2D eigenvalue weighted by Gasteiger charge is 2.14. The van der Waals surface area contributed by atoms with E-state index in [4.69, 9.17) is 4.98 Å². The van der Waals surface area contributed by atoms with Gasteiger partial charge in [0.2, 0.25) is 0 Å². The van der Waals surface area contributed by atoms with Crippen molar-refractivity contribution in [2.45, 2.75) is 64.3 Å². The van der Waals surface area contributed by atoms with Gasteiger partial charge in [0.15, 0.2) is 5.96 Å². The van der Waals surface area contributed by atoms with Crippen LogP contribution >= 0.6 is 0 Å². The van der Waals surface area contributed by atoms with Crippen LogP contribution in [0.4, 0.5) is 0 Å². The molecule has 5 heteroatoms. The molecule has 0 unspecified atom stereocenters. The lowest BCUT2D eigenvalue weighted by Crippen LogP contribution is -2.40. The molecule has 0 amide bonds. The van der Waals surface area contributed by atoms with Crippen molar-refractivity contribution >= 4 is 5.96 Å². The number of aliphatic imine (C=N–C) groups is 1. The van der Waals surface area contributed by atoms with Gasteiger partial charge in [-0.2, -0.15) is 0 Å². The lowest BCUT2D eigenvalue weighted by atomic mass is 9.89. The molecule has 0 aromatic carbocycles. The van der Waals surface area contributed by atoms with Crippen LogP contribution in [-0.2, 0) is 19.4 Å². The fraction of sp³-hybridized carbons (Fsp3) is 0.778. The predicted molar refractivity (Wildman–Crippen MR) is 94.8 cm³/mol. The Morgan fingerprint density at radius 2 is 2.09 bits per heavy atom. The summed E-state index contributed by atoms with van der Waals surface area (Å²) in [5.74, 6) is 3.02. The molecule has 2 N–H and O–H groups in total. The SMILES string of the molecule is CN=C(NCCc1cn2c(n1)CCCC2)NCC1CCCCC1.